The average Bonchev–Trinajstić information content (AvgIpc) is 2.51. The molecular weight excluding hydrogens is 292 g/mol. The second kappa shape index (κ2) is 8.08. The quantitative estimate of drug-likeness (QED) is 0.838. The van der Waals surface area contributed by atoms with Crippen molar-refractivity contribution in [2.45, 2.75) is 19.4 Å². The van der Waals surface area contributed by atoms with Crippen LogP contribution in [0.4, 0.5) is 5.69 Å². The van der Waals surface area contributed by atoms with Crippen LogP contribution >= 0.6 is 0 Å². The van der Waals surface area contributed by atoms with Gasteiger partial charge < -0.3 is 20.4 Å². The van der Waals surface area contributed by atoms with Gasteiger partial charge >= 0.3 is 0 Å². The van der Waals surface area contributed by atoms with Crippen LogP contribution in [0, 0.1) is 6.92 Å². The fraction of sp³-hybridized carbons (Fsp3) is 0.529. The lowest BCUT2D eigenvalue weighted by Crippen LogP contribution is -2.51. The van der Waals surface area contributed by atoms with Crippen molar-refractivity contribution in [3.63, 3.8) is 0 Å². The van der Waals surface area contributed by atoms with Crippen molar-refractivity contribution in [3.8, 4) is 0 Å². The van der Waals surface area contributed by atoms with Gasteiger partial charge in [-0.3, -0.25) is 9.59 Å². The molecule has 1 aliphatic heterocycles. The summed E-state index contributed by atoms with van der Waals surface area (Å²) in [5, 5.41) is 5.52. The Morgan fingerprint density at radius 2 is 1.91 bits per heavy atom. The maximum absolute atomic E-state index is 12.1. The first-order valence-corrected chi connectivity index (χ1v) is 7.96. The van der Waals surface area contributed by atoms with Gasteiger partial charge in [0.1, 0.15) is 0 Å². The van der Waals surface area contributed by atoms with E-state index >= 15 is 0 Å². The number of hydrogen-bond acceptors (Lipinski definition) is 4. The molecule has 6 heteroatoms. The van der Waals surface area contributed by atoms with Gasteiger partial charge in [0.15, 0.2) is 0 Å². The summed E-state index contributed by atoms with van der Waals surface area (Å²) in [4.78, 5) is 28.4. The molecule has 2 rings (SSSR count). The van der Waals surface area contributed by atoms with Crippen molar-refractivity contribution in [3.05, 3.63) is 29.8 Å². The van der Waals surface area contributed by atoms with E-state index in [2.05, 4.69) is 27.5 Å². The molecule has 1 aromatic carbocycles. The second-order valence-electron chi connectivity index (χ2n) is 6.24. The lowest BCUT2D eigenvalue weighted by atomic mass is 10.1. The molecule has 1 saturated heterocycles. The van der Waals surface area contributed by atoms with Crippen molar-refractivity contribution < 1.29 is 9.59 Å². The summed E-state index contributed by atoms with van der Waals surface area (Å²) in [6, 6.07) is 7.78. The highest BCUT2D eigenvalue weighted by molar-refractivity contribution is 5.95. The zero-order valence-corrected chi connectivity index (χ0v) is 14.1. The molecule has 0 aliphatic carbocycles. The van der Waals surface area contributed by atoms with Gasteiger partial charge in [0.2, 0.25) is 11.8 Å². The van der Waals surface area contributed by atoms with Crippen molar-refractivity contribution in [2.75, 3.05) is 45.6 Å². The number of aryl methyl sites for hydroxylation is 1. The Hall–Kier alpha value is -1.92. The number of nitrogens with one attached hydrogen (secondary N) is 2. The molecule has 0 spiro atoms. The highest BCUT2D eigenvalue weighted by Crippen LogP contribution is 2.12. The van der Waals surface area contributed by atoms with Gasteiger partial charge in [-0.05, 0) is 32.6 Å². The van der Waals surface area contributed by atoms with E-state index in [4.69, 9.17) is 0 Å². The molecule has 0 aromatic heterocycles. The largest absolute Gasteiger partial charge is 0.347 e. The van der Waals surface area contributed by atoms with Crippen LogP contribution in [-0.2, 0) is 9.59 Å². The number of likely N-dealkylation sites (N-methyl/N-ethyl adjacent to an activating group) is 2. The molecule has 0 saturated carbocycles. The molecular formula is C17H26N4O2. The van der Waals surface area contributed by atoms with Gasteiger partial charge in [-0.15, -0.1) is 0 Å². The van der Waals surface area contributed by atoms with E-state index in [1.54, 1.807) is 0 Å². The minimum atomic E-state index is -0.207. The molecule has 1 aromatic rings. The van der Waals surface area contributed by atoms with Crippen molar-refractivity contribution >= 4 is 17.5 Å². The van der Waals surface area contributed by atoms with Gasteiger partial charge in [-0.2, -0.15) is 0 Å². The number of hydrogen-bond donors (Lipinski definition) is 2. The zero-order valence-electron chi connectivity index (χ0n) is 14.1. The standard InChI is InChI=1S/C17H26N4O2/c1-13-6-4-5-7-15(13)19-17(23)11-18-16(22)10-14-12-20(2)8-9-21(14)3/h4-7,14H,8-12H2,1-3H3,(H,18,22)(H,19,23)/t14-/m1/s1. The first-order chi connectivity index (χ1) is 11.0. The summed E-state index contributed by atoms with van der Waals surface area (Å²) in [6.07, 6.45) is 0.415. The maximum atomic E-state index is 12.1. The van der Waals surface area contributed by atoms with Gasteiger partial charge in [-0.25, -0.2) is 0 Å². The number of benzene rings is 1. The molecule has 2 amide bonds. The number of amides is 2. The van der Waals surface area contributed by atoms with Crippen LogP contribution in [0.5, 0.6) is 0 Å². The number of para-hydroxylation sites is 1. The molecule has 23 heavy (non-hydrogen) atoms. The average molecular weight is 318 g/mol. The van der Waals surface area contributed by atoms with Crippen molar-refractivity contribution in [2.24, 2.45) is 0 Å². The van der Waals surface area contributed by atoms with Gasteiger partial charge in [0.05, 0.1) is 6.54 Å². The minimum absolute atomic E-state index is 0.000554. The Morgan fingerprint density at radius 1 is 1.17 bits per heavy atom. The van der Waals surface area contributed by atoms with Crippen LogP contribution in [0.25, 0.3) is 0 Å². The summed E-state index contributed by atoms with van der Waals surface area (Å²) in [6.45, 7) is 4.79. The molecule has 1 heterocycles. The Balaban J connectivity index is 1.75. The summed E-state index contributed by atoms with van der Waals surface area (Å²) in [5.41, 5.74) is 1.78. The number of nitrogens with zero attached hydrogens (tertiary/aromatic N) is 2. The highest BCUT2D eigenvalue weighted by atomic mass is 16.2. The van der Waals surface area contributed by atoms with E-state index in [0.717, 1.165) is 30.9 Å². The van der Waals surface area contributed by atoms with Gasteiger partial charge in [-0.1, -0.05) is 18.2 Å². The highest BCUT2D eigenvalue weighted by Gasteiger charge is 2.24. The summed E-state index contributed by atoms with van der Waals surface area (Å²) in [7, 11) is 4.10. The molecule has 1 aliphatic rings. The number of carbonyl (C=O) groups excluding carboxylic acids is 2. The van der Waals surface area contributed by atoms with E-state index in [1.807, 2.05) is 38.2 Å². The van der Waals surface area contributed by atoms with Gasteiger partial charge in [0.25, 0.3) is 0 Å². The normalized spacial score (nSPS) is 19.3. The number of rotatable bonds is 5. The van der Waals surface area contributed by atoms with Crippen LogP contribution in [0.1, 0.15) is 12.0 Å². The van der Waals surface area contributed by atoms with E-state index in [9.17, 15) is 9.59 Å². The molecule has 1 fully saturated rings. The van der Waals surface area contributed by atoms with E-state index < -0.39 is 0 Å². The molecule has 1 atom stereocenters. The molecule has 2 N–H and O–H groups in total. The lowest BCUT2D eigenvalue weighted by Gasteiger charge is -2.37. The SMILES string of the molecule is Cc1ccccc1NC(=O)CNC(=O)C[C@@H]1CN(C)CCN1C. The number of carbonyl (C=O) groups is 2. The fourth-order valence-electron chi connectivity index (χ4n) is 2.69. The van der Waals surface area contributed by atoms with Gasteiger partial charge in [0, 0.05) is 37.8 Å². The second-order valence-corrected chi connectivity index (χ2v) is 6.24. The third-order valence-electron chi connectivity index (χ3n) is 4.27. The molecule has 0 radical (unpaired) electrons. The minimum Gasteiger partial charge on any atom is -0.347 e. The number of anilines is 1. The Morgan fingerprint density at radius 3 is 2.65 bits per heavy atom. The first-order valence-electron chi connectivity index (χ1n) is 7.96. The zero-order chi connectivity index (χ0) is 16.8. The lowest BCUT2D eigenvalue weighted by molar-refractivity contribution is -0.125. The first kappa shape index (κ1) is 17.4. The van der Waals surface area contributed by atoms with Crippen LogP contribution in [0.2, 0.25) is 0 Å². The van der Waals surface area contributed by atoms with Crippen LogP contribution in [-0.4, -0.2) is 67.9 Å². The van der Waals surface area contributed by atoms with Crippen LogP contribution in [0.15, 0.2) is 24.3 Å². The van der Waals surface area contributed by atoms with E-state index in [-0.39, 0.29) is 24.4 Å². The molecule has 126 valence electrons. The molecule has 0 unspecified atom stereocenters. The van der Waals surface area contributed by atoms with Crippen molar-refractivity contribution in [1.29, 1.82) is 0 Å². The summed E-state index contributed by atoms with van der Waals surface area (Å²) >= 11 is 0. The third-order valence-corrected chi connectivity index (χ3v) is 4.27. The van der Waals surface area contributed by atoms with E-state index in [0.29, 0.717) is 6.42 Å². The smallest absolute Gasteiger partial charge is 0.243 e. The maximum Gasteiger partial charge on any atom is 0.243 e. The van der Waals surface area contributed by atoms with Crippen LogP contribution in [0.3, 0.4) is 0 Å². The predicted octanol–water partition coefficient (Wildman–Crippen LogP) is 0.686. The van der Waals surface area contributed by atoms with Crippen molar-refractivity contribution in [1.82, 2.24) is 15.1 Å². The number of piperazine rings is 1. The fourth-order valence-corrected chi connectivity index (χ4v) is 2.69. The topological polar surface area (TPSA) is 64.7 Å². The Bertz CT molecular complexity index is 561. The summed E-state index contributed by atoms with van der Waals surface area (Å²) in [5.74, 6) is -0.293. The van der Waals surface area contributed by atoms with E-state index in [1.165, 1.54) is 0 Å². The molecule has 6 nitrogen and oxygen atoms in total. The Labute approximate surface area is 137 Å². The predicted molar refractivity (Wildman–Crippen MR) is 91.4 cm³/mol. The summed E-state index contributed by atoms with van der Waals surface area (Å²) < 4.78 is 0. The van der Waals surface area contributed by atoms with Crippen LogP contribution < -0.4 is 10.6 Å². The molecule has 0 bridgehead atoms. The third kappa shape index (κ3) is 5.33. The Kier molecular flexibility index (Phi) is 6.12. The monoisotopic (exact) mass is 318 g/mol.